The van der Waals surface area contributed by atoms with Gasteiger partial charge in [-0.2, -0.15) is 10.2 Å². The summed E-state index contributed by atoms with van der Waals surface area (Å²) in [6.45, 7) is 1.84. The molecule has 16 heavy (non-hydrogen) atoms. The Labute approximate surface area is 92.1 Å². The van der Waals surface area contributed by atoms with Gasteiger partial charge in [-0.25, -0.2) is 0 Å². The highest BCUT2D eigenvalue weighted by Crippen LogP contribution is 2.21. The Morgan fingerprint density at radius 3 is 3.06 bits per heavy atom. The molecular weight excluding hydrogens is 206 g/mol. The molecule has 0 aliphatic heterocycles. The first-order valence-electron chi connectivity index (χ1n) is 4.84. The van der Waals surface area contributed by atoms with Crippen LogP contribution in [0.25, 0.3) is 10.9 Å². The Balaban J connectivity index is 2.43. The third kappa shape index (κ3) is 2.08. The van der Waals surface area contributed by atoms with Crippen LogP contribution in [0.1, 0.15) is 5.56 Å². The minimum atomic E-state index is -0.905. The maximum Gasteiger partial charge on any atom is 0.322 e. The van der Waals surface area contributed by atoms with Gasteiger partial charge in [0.25, 0.3) is 0 Å². The molecule has 1 aromatic carbocycles. The van der Waals surface area contributed by atoms with E-state index in [1.165, 1.54) is 6.20 Å². The number of aromatic nitrogens is 2. The van der Waals surface area contributed by atoms with Gasteiger partial charge in [-0.3, -0.25) is 4.79 Å². The van der Waals surface area contributed by atoms with E-state index in [2.05, 4.69) is 15.5 Å². The fourth-order valence-electron chi connectivity index (χ4n) is 1.48. The molecule has 0 saturated carbocycles. The smallest absolute Gasteiger partial charge is 0.322 e. The molecule has 0 saturated heterocycles. The molecule has 2 N–H and O–H groups in total. The number of carboxylic acid groups (broad SMARTS) is 1. The van der Waals surface area contributed by atoms with Gasteiger partial charge in [0.2, 0.25) is 0 Å². The molecule has 5 nitrogen and oxygen atoms in total. The van der Waals surface area contributed by atoms with Gasteiger partial charge >= 0.3 is 5.97 Å². The second kappa shape index (κ2) is 4.14. The van der Waals surface area contributed by atoms with Crippen LogP contribution in [0.5, 0.6) is 0 Å². The molecule has 0 aliphatic carbocycles. The van der Waals surface area contributed by atoms with Gasteiger partial charge in [0.05, 0.1) is 17.4 Å². The largest absolute Gasteiger partial charge is 0.480 e. The number of carbonyl (C=O) groups is 1. The molecule has 2 rings (SSSR count). The van der Waals surface area contributed by atoms with Crippen LogP contribution in [0, 0.1) is 6.92 Å². The lowest BCUT2D eigenvalue weighted by molar-refractivity contribution is -0.134. The quantitative estimate of drug-likeness (QED) is 0.813. The summed E-state index contributed by atoms with van der Waals surface area (Å²) in [7, 11) is 0. The Hall–Kier alpha value is -2.17. The third-order valence-corrected chi connectivity index (χ3v) is 2.22. The van der Waals surface area contributed by atoms with Crippen molar-refractivity contribution in [3.05, 3.63) is 30.0 Å². The lowest BCUT2D eigenvalue weighted by atomic mass is 10.1. The van der Waals surface area contributed by atoms with E-state index in [-0.39, 0.29) is 6.54 Å². The van der Waals surface area contributed by atoms with E-state index in [0.717, 1.165) is 16.5 Å². The number of rotatable bonds is 3. The van der Waals surface area contributed by atoms with Crippen LogP contribution in [-0.2, 0) is 4.79 Å². The molecule has 0 atom stereocenters. The number of benzene rings is 1. The fraction of sp³-hybridized carbons (Fsp3) is 0.182. The van der Waals surface area contributed by atoms with Gasteiger partial charge in [-0.1, -0.05) is 11.6 Å². The van der Waals surface area contributed by atoms with Crippen LogP contribution in [-0.4, -0.2) is 27.8 Å². The fourth-order valence-corrected chi connectivity index (χ4v) is 1.48. The standard InChI is InChI=1S/C11H11N3O2/c1-7-2-3-9-8(4-7)10(5-13-14-9)12-6-11(15)16/h2-5H,6H2,1H3,(H,12,14)(H,15,16). The van der Waals surface area contributed by atoms with Crippen molar-refractivity contribution in [2.24, 2.45) is 0 Å². The van der Waals surface area contributed by atoms with Crippen LogP contribution in [0.15, 0.2) is 24.4 Å². The summed E-state index contributed by atoms with van der Waals surface area (Å²) in [5.41, 5.74) is 2.54. The highest BCUT2D eigenvalue weighted by Gasteiger charge is 2.04. The summed E-state index contributed by atoms with van der Waals surface area (Å²) in [4.78, 5) is 10.5. The summed E-state index contributed by atoms with van der Waals surface area (Å²) in [5, 5.41) is 20.1. The minimum Gasteiger partial charge on any atom is -0.480 e. The third-order valence-electron chi connectivity index (χ3n) is 2.22. The second-order valence-corrected chi connectivity index (χ2v) is 3.53. The highest BCUT2D eigenvalue weighted by atomic mass is 16.4. The highest BCUT2D eigenvalue weighted by molar-refractivity contribution is 5.91. The Bertz CT molecular complexity index is 540. The molecule has 0 radical (unpaired) electrons. The normalized spacial score (nSPS) is 10.3. The van der Waals surface area contributed by atoms with Crippen LogP contribution in [0.4, 0.5) is 5.69 Å². The number of aryl methyl sites for hydroxylation is 1. The van der Waals surface area contributed by atoms with Gasteiger partial charge < -0.3 is 10.4 Å². The van der Waals surface area contributed by atoms with Crippen molar-refractivity contribution in [2.45, 2.75) is 6.92 Å². The molecule has 0 aliphatic rings. The van der Waals surface area contributed by atoms with Crippen molar-refractivity contribution in [1.29, 1.82) is 0 Å². The number of fused-ring (bicyclic) bond motifs is 1. The number of anilines is 1. The maximum atomic E-state index is 10.5. The zero-order valence-corrected chi connectivity index (χ0v) is 8.77. The van der Waals surface area contributed by atoms with Crippen LogP contribution >= 0.6 is 0 Å². The van der Waals surface area contributed by atoms with Crippen LogP contribution in [0.2, 0.25) is 0 Å². The monoisotopic (exact) mass is 217 g/mol. The molecule has 0 spiro atoms. The summed E-state index contributed by atoms with van der Waals surface area (Å²) < 4.78 is 0. The van der Waals surface area contributed by atoms with E-state index in [9.17, 15) is 4.79 Å². The lowest BCUT2D eigenvalue weighted by Gasteiger charge is -2.06. The molecule has 1 aromatic heterocycles. The van der Waals surface area contributed by atoms with E-state index < -0.39 is 5.97 Å². The first kappa shape index (κ1) is 10.4. The first-order chi connectivity index (χ1) is 7.66. The molecule has 1 heterocycles. The molecule has 0 amide bonds. The van der Waals surface area contributed by atoms with E-state index >= 15 is 0 Å². The topological polar surface area (TPSA) is 75.1 Å². The summed E-state index contributed by atoms with van der Waals surface area (Å²) >= 11 is 0. The molecule has 82 valence electrons. The average molecular weight is 217 g/mol. The van der Waals surface area contributed by atoms with E-state index in [4.69, 9.17) is 5.11 Å². The van der Waals surface area contributed by atoms with Gasteiger partial charge in [0.1, 0.15) is 6.54 Å². The van der Waals surface area contributed by atoms with E-state index in [1.54, 1.807) is 0 Å². The number of nitrogens with one attached hydrogen (secondary N) is 1. The summed E-state index contributed by atoms with van der Waals surface area (Å²) in [5.74, 6) is -0.905. The van der Waals surface area contributed by atoms with Crippen molar-refractivity contribution in [3.63, 3.8) is 0 Å². The molecule has 5 heteroatoms. The maximum absolute atomic E-state index is 10.5. The molecule has 0 unspecified atom stereocenters. The second-order valence-electron chi connectivity index (χ2n) is 3.53. The van der Waals surface area contributed by atoms with Crippen molar-refractivity contribution < 1.29 is 9.90 Å². The summed E-state index contributed by atoms with van der Waals surface area (Å²) in [6.07, 6.45) is 1.53. The van der Waals surface area contributed by atoms with Crippen molar-refractivity contribution in [3.8, 4) is 0 Å². The van der Waals surface area contributed by atoms with E-state index in [1.807, 2.05) is 25.1 Å². The SMILES string of the molecule is Cc1ccc2nncc(NCC(=O)O)c2c1. The summed E-state index contributed by atoms with van der Waals surface area (Å²) in [6, 6.07) is 5.76. The van der Waals surface area contributed by atoms with Gasteiger partial charge in [-0.05, 0) is 19.1 Å². The number of hydrogen-bond acceptors (Lipinski definition) is 4. The van der Waals surface area contributed by atoms with Crippen molar-refractivity contribution in [1.82, 2.24) is 10.2 Å². The minimum absolute atomic E-state index is 0.130. The molecule has 2 aromatic rings. The van der Waals surface area contributed by atoms with Crippen LogP contribution < -0.4 is 5.32 Å². The van der Waals surface area contributed by atoms with Gasteiger partial charge in [-0.15, -0.1) is 0 Å². The zero-order chi connectivity index (χ0) is 11.5. The zero-order valence-electron chi connectivity index (χ0n) is 8.77. The lowest BCUT2D eigenvalue weighted by Crippen LogP contribution is -2.12. The van der Waals surface area contributed by atoms with Crippen molar-refractivity contribution >= 4 is 22.6 Å². The van der Waals surface area contributed by atoms with E-state index in [0.29, 0.717) is 5.69 Å². The molecule has 0 fully saturated rings. The Kier molecular flexibility index (Phi) is 2.68. The predicted molar refractivity (Wildman–Crippen MR) is 60.4 cm³/mol. The predicted octanol–water partition coefficient (Wildman–Crippen LogP) is 1.43. The number of hydrogen-bond donors (Lipinski definition) is 2. The molecular formula is C11H11N3O2. The first-order valence-corrected chi connectivity index (χ1v) is 4.84. The Morgan fingerprint density at radius 1 is 1.50 bits per heavy atom. The Morgan fingerprint density at radius 2 is 2.31 bits per heavy atom. The van der Waals surface area contributed by atoms with Gasteiger partial charge in [0, 0.05) is 5.39 Å². The van der Waals surface area contributed by atoms with Crippen LogP contribution in [0.3, 0.4) is 0 Å². The van der Waals surface area contributed by atoms with Crippen molar-refractivity contribution in [2.75, 3.05) is 11.9 Å². The molecule has 0 bridgehead atoms. The number of nitrogens with zero attached hydrogens (tertiary/aromatic N) is 2. The van der Waals surface area contributed by atoms with Gasteiger partial charge in [0.15, 0.2) is 0 Å². The number of carboxylic acids is 1. The number of aliphatic carboxylic acids is 1. The average Bonchev–Trinajstić information content (AvgIpc) is 2.26.